The second-order valence-electron chi connectivity index (χ2n) is 4.36. The Morgan fingerprint density at radius 1 is 1.19 bits per heavy atom. The Bertz CT molecular complexity index is 670. The average molecular weight is 306 g/mol. The normalized spacial score (nSPS) is 11.7. The molecule has 6 heteroatoms. The monoisotopic (exact) mass is 305 g/mol. The molecule has 0 saturated carbocycles. The van der Waals surface area contributed by atoms with Gasteiger partial charge in [0.1, 0.15) is 0 Å². The maximum Gasteiger partial charge on any atom is 0.310 e. The van der Waals surface area contributed by atoms with E-state index < -0.39 is 11.0 Å². The fourth-order valence-corrected chi connectivity index (χ4v) is 1.93. The zero-order valence-electron chi connectivity index (χ0n) is 11.2. The van der Waals surface area contributed by atoms with Gasteiger partial charge in [0.15, 0.2) is 11.9 Å². The van der Waals surface area contributed by atoms with Crippen LogP contribution in [-0.4, -0.2) is 16.8 Å². The van der Waals surface area contributed by atoms with E-state index in [1.807, 2.05) is 0 Å². The first-order chi connectivity index (χ1) is 9.99. The van der Waals surface area contributed by atoms with Crippen LogP contribution in [0.2, 0.25) is 5.02 Å². The Balaban J connectivity index is 2.18. The van der Waals surface area contributed by atoms with Gasteiger partial charge in [-0.25, -0.2) is 0 Å². The molecule has 0 aliphatic rings. The number of nitrogens with zero attached hydrogens (tertiary/aromatic N) is 1. The summed E-state index contributed by atoms with van der Waals surface area (Å²) in [7, 11) is 0. The van der Waals surface area contributed by atoms with Crippen LogP contribution in [0, 0.1) is 10.1 Å². The van der Waals surface area contributed by atoms with E-state index in [4.69, 9.17) is 16.3 Å². The van der Waals surface area contributed by atoms with Gasteiger partial charge in [-0.05, 0) is 37.3 Å². The van der Waals surface area contributed by atoms with Crippen molar-refractivity contribution >= 4 is 23.1 Å². The maximum atomic E-state index is 12.2. The molecule has 1 atom stereocenters. The molecular weight excluding hydrogens is 294 g/mol. The number of halogens is 1. The van der Waals surface area contributed by atoms with Crippen LogP contribution in [0.4, 0.5) is 5.69 Å². The van der Waals surface area contributed by atoms with Crippen LogP contribution < -0.4 is 4.74 Å². The Hall–Kier alpha value is -2.40. The predicted molar refractivity (Wildman–Crippen MR) is 79.0 cm³/mol. The number of nitro benzene ring substituents is 1. The van der Waals surface area contributed by atoms with Crippen molar-refractivity contribution in [1.29, 1.82) is 0 Å². The highest BCUT2D eigenvalue weighted by Gasteiger charge is 2.21. The van der Waals surface area contributed by atoms with Crippen molar-refractivity contribution in [3.8, 4) is 5.75 Å². The Kier molecular flexibility index (Phi) is 4.55. The van der Waals surface area contributed by atoms with Crippen molar-refractivity contribution in [3.05, 3.63) is 69.2 Å². The molecule has 0 N–H and O–H groups in total. The highest BCUT2D eigenvalue weighted by atomic mass is 35.5. The maximum absolute atomic E-state index is 12.2. The first-order valence-corrected chi connectivity index (χ1v) is 6.56. The van der Waals surface area contributed by atoms with Gasteiger partial charge < -0.3 is 4.74 Å². The quantitative estimate of drug-likeness (QED) is 0.477. The van der Waals surface area contributed by atoms with E-state index >= 15 is 0 Å². The van der Waals surface area contributed by atoms with Gasteiger partial charge in [0.05, 0.1) is 4.92 Å². The van der Waals surface area contributed by atoms with Crippen molar-refractivity contribution in [3.63, 3.8) is 0 Å². The average Bonchev–Trinajstić information content (AvgIpc) is 2.47. The summed E-state index contributed by atoms with van der Waals surface area (Å²) >= 11 is 5.76. The standard InChI is InChI=1S/C15H12ClNO4/c1-10(15(18)11-6-8-12(16)9-7-11)21-14-5-3-2-4-13(14)17(19)20/h2-10H,1H3/t10-/m1/s1. The molecule has 108 valence electrons. The zero-order valence-corrected chi connectivity index (χ0v) is 11.9. The minimum atomic E-state index is -0.840. The summed E-state index contributed by atoms with van der Waals surface area (Å²) in [5.74, 6) is -0.206. The Labute approximate surface area is 126 Å². The number of hydrogen-bond donors (Lipinski definition) is 0. The van der Waals surface area contributed by atoms with Crippen LogP contribution >= 0.6 is 11.6 Å². The molecule has 2 rings (SSSR count). The minimum absolute atomic E-state index is 0.0670. The number of carbonyl (C=O) groups excluding carboxylic acids is 1. The Morgan fingerprint density at radius 3 is 2.43 bits per heavy atom. The highest BCUT2D eigenvalue weighted by molar-refractivity contribution is 6.30. The van der Waals surface area contributed by atoms with Crippen LogP contribution in [0.25, 0.3) is 0 Å². The van der Waals surface area contributed by atoms with Gasteiger partial charge in [0, 0.05) is 16.7 Å². The van der Waals surface area contributed by atoms with Crippen molar-refractivity contribution in [2.24, 2.45) is 0 Å². The first kappa shape index (κ1) is 15.0. The van der Waals surface area contributed by atoms with Crippen LogP contribution in [0.15, 0.2) is 48.5 Å². The van der Waals surface area contributed by atoms with E-state index in [1.165, 1.54) is 18.2 Å². The number of para-hydroxylation sites is 2. The number of Topliss-reactive ketones (excluding diaryl/α,β-unsaturated/α-hetero) is 1. The molecule has 21 heavy (non-hydrogen) atoms. The van der Waals surface area contributed by atoms with E-state index in [1.54, 1.807) is 37.3 Å². The predicted octanol–water partition coefficient (Wildman–Crippen LogP) is 3.90. The molecule has 0 unspecified atom stereocenters. The van der Waals surface area contributed by atoms with Gasteiger partial charge in [-0.2, -0.15) is 0 Å². The number of rotatable bonds is 5. The molecule has 0 aromatic heterocycles. The van der Waals surface area contributed by atoms with Gasteiger partial charge in [-0.1, -0.05) is 23.7 Å². The third-order valence-corrected chi connectivity index (χ3v) is 3.12. The van der Waals surface area contributed by atoms with Crippen LogP contribution in [0.3, 0.4) is 0 Å². The number of carbonyl (C=O) groups is 1. The molecule has 0 aliphatic heterocycles. The highest BCUT2D eigenvalue weighted by Crippen LogP contribution is 2.27. The second-order valence-corrected chi connectivity index (χ2v) is 4.79. The molecule has 0 bridgehead atoms. The van der Waals surface area contributed by atoms with E-state index in [2.05, 4.69) is 0 Å². The third kappa shape index (κ3) is 3.58. The number of benzene rings is 2. The molecule has 0 saturated heterocycles. The summed E-state index contributed by atoms with van der Waals surface area (Å²) in [6, 6.07) is 12.3. The van der Waals surface area contributed by atoms with Crippen LogP contribution in [-0.2, 0) is 0 Å². The molecule has 2 aromatic rings. The largest absolute Gasteiger partial charge is 0.475 e. The molecule has 0 aliphatic carbocycles. The van der Waals surface area contributed by atoms with Crippen molar-refractivity contribution < 1.29 is 14.5 Å². The lowest BCUT2D eigenvalue weighted by Crippen LogP contribution is -2.24. The summed E-state index contributed by atoms with van der Waals surface area (Å²) < 4.78 is 5.43. The summed E-state index contributed by atoms with van der Waals surface area (Å²) in [6.45, 7) is 1.55. The van der Waals surface area contributed by atoms with E-state index in [9.17, 15) is 14.9 Å². The van der Waals surface area contributed by atoms with Gasteiger partial charge in [-0.3, -0.25) is 14.9 Å². The molecule has 0 fully saturated rings. The van der Waals surface area contributed by atoms with Crippen LogP contribution in [0.5, 0.6) is 5.75 Å². The van der Waals surface area contributed by atoms with Crippen LogP contribution in [0.1, 0.15) is 17.3 Å². The zero-order chi connectivity index (χ0) is 15.4. The first-order valence-electron chi connectivity index (χ1n) is 6.19. The summed E-state index contributed by atoms with van der Waals surface area (Å²) in [5.41, 5.74) is 0.263. The summed E-state index contributed by atoms with van der Waals surface area (Å²) in [4.78, 5) is 22.6. The van der Waals surface area contributed by atoms with Crippen molar-refractivity contribution in [2.45, 2.75) is 13.0 Å². The third-order valence-electron chi connectivity index (χ3n) is 2.86. The topological polar surface area (TPSA) is 69.4 Å². The number of hydrogen-bond acceptors (Lipinski definition) is 4. The molecule has 0 radical (unpaired) electrons. The van der Waals surface area contributed by atoms with E-state index in [0.717, 1.165) is 0 Å². The SMILES string of the molecule is C[C@@H](Oc1ccccc1[N+](=O)[O-])C(=O)c1ccc(Cl)cc1. The summed E-state index contributed by atoms with van der Waals surface area (Å²) in [6.07, 6.45) is -0.840. The lowest BCUT2D eigenvalue weighted by molar-refractivity contribution is -0.386. The molecule has 0 heterocycles. The van der Waals surface area contributed by atoms with E-state index in [0.29, 0.717) is 10.6 Å². The fraction of sp³-hybridized carbons (Fsp3) is 0.133. The van der Waals surface area contributed by atoms with Gasteiger partial charge >= 0.3 is 5.69 Å². The van der Waals surface area contributed by atoms with Gasteiger partial charge in [-0.15, -0.1) is 0 Å². The molecule has 0 spiro atoms. The van der Waals surface area contributed by atoms with Gasteiger partial charge in [0.2, 0.25) is 5.78 Å². The lowest BCUT2D eigenvalue weighted by Gasteiger charge is -2.13. The minimum Gasteiger partial charge on any atom is -0.475 e. The van der Waals surface area contributed by atoms with E-state index in [-0.39, 0.29) is 17.2 Å². The second kappa shape index (κ2) is 6.37. The van der Waals surface area contributed by atoms with Crippen molar-refractivity contribution in [1.82, 2.24) is 0 Å². The lowest BCUT2D eigenvalue weighted by atomic mass is 10.1. The fourth-order valence-electron chi connectivity index (χ4n) is 1.80. The number of nitro groups is 1. The van der Waals surface area contributed by atoms with Crippen molar-refractivity contribution in [2.75, 3.05) is 0 Å². The molecular formula is C15H12ClNO4. The van der Waals surface area contributed by atoms with Gasteiger partial charge in [0.25, 0.3) is 0 Å². The Morgan fingerprint density at radius 2 is 1.81 bits per heavy atom. The molecule has 2 aromatic carbocycles. The summed E-state index contributed by atoms with van der Waals surface area (Å²) in [5, 5.41) is 11.4. The molecule has 5 nitrogen and oxygen atoms in total. The number of ether oxygens (including phenoxy) is 1. The smallest absolute Gasteiger partial charge is 0.310 e. The number of ketones is 1. The molecule has 0 amide bonds.